The molecule has 0 saturated carbocycles. The minimum Gasteiger partial charge on any atom is -0.354 e. The minimum absolute atomic E-state index is 0.0289. The van der Waals surface area contributed by atoms with Crippen LogP contribution < -0.4 is 10.6 Å². The van der Waals surface area contributed by atoms with Crippen molar-refractivity contribution in [3.8, 4) is 16.9 Å². The average Bonchev–Trinajstić information content (AvgIpc) is 3.10. The highest BCUT2D eigenvalue weighted by atomic mass is 19.1. The maximum Gasteiger partial charge on any atom is 0.221 e. The van der Waals surface area contributed by atoms with Crippen LogP contribution in [0.15, 0.2) is 60.8 Å². The van der Waals surface area contributed by atoms with Gasteiger partial charge >= 0.3 is 0 Å². The van der Waals surface area contributed by atoms with Crippen LogP contribution in [0.3, 0.4) is 0 Å². The molecule has 3 rings (SSSR count). The van der Waals surface area contributed by atoms with Gasteiger partial charge in [0.05, 0.1) is 11.4 Å². The van der Waals surface area contributed by atoms with Gasteiger partial charge < -0.3 is 10.6 Å². The van der Waals surface area contributed by atoms with Crippen LogP contribution >= 0.6 is 0 Å². The van der Waals surface area contributed by atoms with Crippen LogP contribution in [0.2, 0.25) is 0 Å². The summed E-state index contributed by atoms with van der Waals surface area (Å²) in [6.45, 7) is 5.02. The van der Waals surface area contributed by atoms with Gasteiger partial charge in [-0.3, -0.25) is 4.79 Å². The first-order chi connectivity index (χ1) is 13.5. The molecule has 0 unspecified atom stereocenters. The number of hydrogen-bond donors (Lipinski definition) is 2. The van der Waals surface area contributed by atoms with Crippen molar-refractivity contribution in [1.29, 1.82) is 0 Å². The molecule has 0 aliphatic carbocycles. The molecule has 0 atom stereocenters. The van der Waals surface area contributed by atoms with Gasteiger partial charge in [-0.2, -0.15) is 5.10 Å². The maximum absolute atomic E-state index is 13.3. The summed E-state index contributed by atoms with van der Waals surface area (Å²) < 4.78 is 15.1. The van der Waals surface area contributed by atoms with E-state index in [2.05, 4.69) is 10.6 Å². The Labute approximate surface area is 164 Å². The molecule has 28 heavy (non-hydrogen) atoms. The van der Waals surface area contributed by atoms with Crippen molar-refractivity contribution in [1.82, 2.24) is 20.4 Å². The molecule has 0 radical (unpaired) electrons. The van der Waals surface area contributed by atoms with Crippen LogP contribution in [0, 0.1) is 5.82 Å². The SMILES string of the molecule is CC(C)NC(=O)CCNCc1cn(-c2ccccc2)nc1-c1ccc(F)cc1. The summed E-state index contributed by atoms with van der Waals surface area (Å²) in [6, 6.07) is 16.3. The highest BCUT2D eigenvalue weighted by Gasteiger charge is 2.12. The predicted molar refractivity (Wildman–Crippen MR) is 109 cm³/mol. The number of nitrogens with one attached hydrogen (secondary N) is 2. The first-order valence-electron chi connectivity index (χ1n) is 9.43. The Bertz CT molecular complexity index is 904. The van der Waals surface area contributed by atoms with Gasteiger partial charge in [0.2, 0.25) is 5.91 Å². The van der Waals surface area contributed by atoms with Crippen LogP contribution in [0.4, 0.5) is 4.39 Å². The van der Waals surface area contributed by atoms with Gasteiger partial charge in [-0.25, -0.2) is 9.07 Å². The molecule has 5 nitrogen and oxygen atoms in total. The van der Waals surface area contributed by atoms with Gasteiger partial charge in [-0.05, 0) is 50.2 Å². The number of rotatable bonds is 8. The van der Waals surface area contributed by atoms with Gasteiger partial charge in [0.15, 0.2) is 0 Å². The van der Waals surface area contributed by atoms with Crippen molar-refractivity contribution in [2.45, 2.75) is 32.9 Å². The molecule has 2 aromatic carbocycles. The number of amides is 1. The fourth-order valence-electron chi connectivity index (χ4n) is 2.92. The van der Waals surface area contributed by atoms with Gasteiger partial charge in [0.1, 0.15) is 5.82 Å². The van der Waals surface area contributed by atoms with E-state index in [1.165, 1.54) is 12.1 Å². The molecule has 1 heterocycles. The zero-order valence-electron chi connectivity index (χ0n) is 16.2. The van der Waals surface area contributed by atoms with Crippen LogP contribution in [-0.2, 0) is 11.3 Å². The quantitative estimate of drug-likeness (QED) is 0.586. The lowest BCUT2D eigenvalue weighted by Crippen LogP contribution is -2.32. The van der Waals surface area contributed by atoms with Crippen molar-refractivity contribution in [3.63, 3.8) is 0 Å². The zero-order valence-corrected chi connectivity index (χ0v) is 16.2. The molecule has 1 amide bonds. The van der Waals surface area contributed by atoms with E-state index in [1.807, 2.05) is 55.1 Å². The highest BCUT2D eigenvalue weighted by molar-refractivity contribution is 5.76. The number of para-hydroxylation sites is 1. The maximum atomic E-state index is 13.3. The lowest BCUT2D eigenvalue weighted by atomic mass is 10.1. The van der Waals surface area contributed by atoms with Gasteiger partial charge in [0, 0.05) is 42.9 Å². The third-order valence-electron chi connectivity index (χ3n) is 4.22. The topological polar surface area (TPSA) is 59.0 Å². The summed E-state index contributed by atoms with van der Waals surface area (Å²) in [5, 5.41) is 10.9. The monoisotopic (exact) mass is 380 g/mol. The number of hydrogen-bond acceptors (Lipinski definition) is 3. The molecule has 0 fully saturated rings. The molecule has 146 valence electrons. The molecule has 0 aliphatic heterocycles. The van der Waals surface area contributed by atoms with Crippen molar-refractivity contribution >= 4 is 5.91 Å². The van der Waals surface area contributed by atoms with Crippen LogP contribution in [0.5, 0.6) is 0 Å². The van der Waals surface area contributed by atoms with Crippen LogP contribution in [0.1, 0.15) is 25.8 Å². The molecule has 0 aliphatic rings. The molecule has 0 saturated heterocycles. The molecule has 3 aromatic rings. The number of carbonyl (C=O) groups excluding carboxylic acids is 1. The van der Waals surface area contributed by atoms with Crippen LogP contribution in [-0.4, -0.2) is 28.3 Å². The Morgan fingerprint density at radius 3 is 2.50 bits per heavy atom. The second kappa shape index (κ2) is 9.28. The van der Waals surface area contributed by atoms with E-state index in [0.29, 0.717) is 19.5 Å². The predicted octanol–water partition coefficient (Wildman–Crippen LogP) is 3.68. The number of nitrogens with zero attached hydrogens (tertiary/aromatic N) is 2. The third kappa shape index (κ3) is 5.27. The second-order valence-corrected chi connectivity index (χ2v) is 6.94. The zero-order chi connectivity index (χ0) is 19.9. The molecule has 0 bridgehead atoms. The Balaban J connectivity index is 1.75. The van der Waals surface area contributed by atoms with Gasteiger partial charge in [-0.15, -0.1) is 0 Å². The Kier molecular flexibility index (Phi) is 6.55. The third-order valence-corrected chi connectivity index (χ3v) is 4.22. The number of carbonyl (C=O) groups is 1. The van der Waals surface area contributed by atoms with E-state index >= 15 is 0 Å². The fraction of sp³-hybridized carbons (Fsp3) is 0.273. The Hall–Kier alpha value is -2.99. The summed E-state index contributed by atoms with van der Waals surface area (Å²) in [4.78, 5) is 11.8. The number of aromatic nitrogens is 2. The smallest absolute Gasteiger partial charge is 0.221 e. The summed E-state index contributed by atoms with van der Waals surface area (Å²) in [6.07, 6.45) is 2.38. The van der Waals surface area contributed by atoms with Crippen molar-refractivity contribution in [2.75, 3.05) is 6.54 Å². The molecular weight excluding hydrogens is 355 g/mol. The van der Waals surface area contributed by atoms with Crippen LogP contribution in [0.25, 0.3) is 16.9 Å². The standard InChI is InChI=1S/C22H25FN4O/c1-16(2)25-21(28)12-13-24-14-18-15-27(20-6-4-3-5-7-20)26-22(18)17-8-10-19(23)11-9-17/h3-11,15-16,24H,12-14H2,1-2H3,(H,25,28). The molecule has 6 heteroatoms. The second-order valence-electron chi connectivity index (χ2n) is 6.94. The first-order valence-corrected chi connectivity index (χ1v) is 9.43. The van der Waals surface area contributed by atoms with Crippen molar-refractivity contribution < 1.29 is 9.18 Å². The lowest BCUT2D eigenvalue weighted by Gasteiger charge is -2.09. The molecule has 0 spiro atoms. The normalized spacial score (nSPS) is 11.0. The van der Waals surface area contributed by atoms with Crippen molar-refractivity contribution in [2.24, 2.45) is 0 Å². The van der Waals surface area contributed by atoms with E-state index in [-0.39, 0.29) is 17.8 Å². The van der Waals surface area contributed by atoms with E-state index in [4.69, 9.17) is 5.10 Å². The first kappa shape index (κ1) is 19.8. The molecular formula is C22H25FN4O. The average molecular weight is 380 g/mol. The summed E-state index contributed by atoms with van der Waals surface area (Å²) in [5.74, 6) is -0.247. The highest BCUT2D eigenvalue weighted by Crippen LogP contribution is 2.24. The van der Waals surface area contributed by atoms with E-state index in [0.717, 1.165) is 22.5 Å². The summed E-state index contributed by atoms with van der Waals surface area (Å²) >= 11 is 0. The minimum atomic E-state index is -0.276. The summed E-state index contributed by atoms with van der Waals surface area (Å²) in [5.41, 5.74) is 3.58. The molecule has 1 aromatic heterocycles. The van der Waals surface area contributed by atoms with E-state index in [9.17, 15) is 9.18 Å². The van der Waals surface area contributed by atoms with Gasteiger partial charge in [-0.1, -0.05) is 18.2 Å². The number of benzene rings is 2. The lowest BCUT2D eigenvalue weighted by molar-refractivity contribution is -0.121. The van der Waals surface area contributed by atoms with E-state index in [1.54, 1.807) is 12.1 Å². The fourth-order valence-corrected chi connectivity index (χ4v) is 2.92. The largest absolute Gasteiger partial charge is 0.354 e. The summed E-state index contributed by atoms with van der Waals surface area (Å²) in [7, 11) is 0. The number of halogens is 1. The van der Waals surface area contributed by atoms with E-state index < -0.39 is 0 Å². The van der Waals surface area contributed by atoms with Gasteiger partial charge in [0.25, 0.3) is 0 Å². The van der Waals surface area contributed by atoms with Crippen molar-refractivity contribution in [3.05, 3.63) is 72.2 Å². The molecule has 2 N–H and O–H groups in total. The Morgan fingerprint density at radius 2 is 1.82 bits per heavy atom. The Morgan fingerprint density at radius 1 is 1.11 bits per heavy atom.